The first kappa shape index (κ1) is 15.0. The standard InChI is InChI=1S/C17H26N2OS/c1-11-8-15(13(3)21-11)12(2)19-16(20)17-7-5-4-6-14(17)9-18-10-17/h8,12,14,18H,4-7,9-10H2,1-3H3,(H,19,20)/t12?,14-,17+/m0/s1. The number of fused-ring (bicyclic) bond motifs is 1. The molecule has 1 aliphatic carbocycles. The van der Waals surface area contributed by atoms with E-state index in [1.165, 1.54) is 34.6 Å². The third kappa shape index (κ3) is 2.64. The van der Waals surface area contributed by atoms with Crippen molar-refractivity contribution < 1.29 is 4.79 Å². The van der Waals surface area contributed by atoms with Crippen LogP contribution in [0.25, 0.3) is 0 Å². The number of hydrogen-bond donors (Lipinski definition) is 2. The van der Waals surface area contributed by atoms with E-state index >= 15 is 0 Å². The van der Waals surface area contributed by atoms with Gasteiger partial charge in [-0.2, -0.15) is 0 Å². The van der Waals surface area contributed by atoms with Gasteiger partial charge in [-0.25, -0.2) is 0 Å². The van der Waals surface area contributed by atoms with Crippen LogP contribution in [0.4, 0.5) is 0 Å². The molecule has 1 aliphatic heterocycles. The Hall–Kier alpha value is -0.870. The third-order valence-electron chi connectivity index (χ3n) is 5.38. The number of nitrogens with one attached hydrogen (secondary N) is 2. The van der Waals surface area contributed by atoms with Crippen molar-refractivity contribution >= 4 is 17.2 Å². The van der Waals surface area contributed by atoms with Crippen molar-refractivity contribution in [1.82, 2.24) is 10.6 Å². The van der Waals surface area contributed by atoms with E-state index in [-0.39, 0.29) is 17.4 Å². The summed E-state index contributed by atoms with van der Waals surface area (Å²) in [7, 11) is 0. The van der Waals surface area contributed by atoms with Crippen LogP contribution in [-0.4, -0.2) is 19.0 Å². The number of aryl methyl sites for hydroxylation is 2. The number of thiophene rings is 1. The highest BCUT2D eigenvalue weighted by atomic mass is 32.1. The van der Waals surface area contributed by atoms with Crippen LogP contribution < -0.4 is 10.6 Å². The molecule has 2 heterocycles. The Labute approximate surface area is 131 Å². The summed E-state index contributed by atoms with van der Waals surface area (Å²) in [5.41, 5.74) is 1.13. The van der Waals surface area contributed by atoms with E-state index in [1.54, 1.807) is 0 Å². The fourth-order valence-corrected chi connectivity index (χ4v) is 5.21. The summed E-state index contributed by atoms with van der Waals surface area (Å²) in [5.74, 6) is 0.803. The molecule has 1 aromatic rings. The highest BCUT2D eigenvalue weighted by molar-refractivity contribution is 7.12. The lowest BCUT2D eigenvalue weighted by Crippen LogP contribution is -2.48. The second-order valence-corrected chi connectivity index (χ2v) is 8.25. The average Bonchev–Trinajstić information content (AvgIpc) is 3.02. The van der Waals surface area contributed by atoms with Crippen LogP contribution in [0.3, 0.4) is 0 Å². The van der Waals surface area contributed by atoms with E-state index in [0.717, 1.165) is 19.5 Å². The molecule has 0 aromatic carbocycles. The van der Waals surface area contributed by atoms with Gasteiger partial charge >= 0.3 is 0 Å². The summed E-state index contributed by atoms with van der Waals surface area (Å²) < 4.78 is 0. The van der Waals surface area contributed by atoms with Gasteiger partial charge in [-0.15, -0.1) is 11.3 Å². The van der Waals surface area contributed by atoms with E-state index in [1.807, 2.05) is 11.3 Å². The number of rotatable bonds is 3. The lowest BCUT2D eigenvalue weighted by Gasteiger charge is -2.38. The molecule has 3 nitrogen and oxygen atoms in total. The van der Waals surface area contributed by atoms with Crippen LogP contribution in [0.5, 0.6) is 0 Å². The lowest BCUT2D eigenvalue weighted by atomic mass is 9.67. The Bertz CT molecular complexity index is 539. The predicted octanol–water partition coefficient (Wildman–Crippen LogP) is 3.32. The van der Waals surface area contributed by atoms with Crippen LogP contribution in [-0.2, 0) is 4.79 Å². The Kier molecular flexibility index (Phi) is 4.10. The third-order valence-corrected chi connectivity index (χ3v) is 6.37. The molecule has 21 heavy (non-hydrogen) atoms. The Balaban J connectivity index is 1.75. The van der Waals surface area contributed by atoms with Crippen molar-refractivity contribution in [2.24, 2.45) is 11.3 Å². The molecule has 1 amide bonds. The van der Waals surface area contributed by atoms with Crippen LogP contribution >= 0.6 is 11.3 Å². The molecule has 116 valence electrons. The molecule has 2 fully saturated rings. The Morgan fingerprint density at radius 1 is 1.48 bits per heavy atom. The van der Waals surface area contributed by atoms with Crippen molar-refractivity contribution in [3.05, 3.63) is 21.4 Å². The SMILES string of the molecule is Cc1cc(C(C)NC(=O)[C@@]23CCCC[C@H]2CNC3)c(C)s1. The van der Waals surface area contributed by atoms with E-state index in [9.17, 15) is 4.79 Å². The smallest absolute Gasteiger partial charge is 0.228 e. The van der Waals surface area contributed by atoms with Gasteiger partial charge in [0.15, 0.2) is 0 Å². The summed E-state index contributed by atoms with van der Waals surface area (Å²) in [4.78, 5) is 15.6. The molecule has 3 atom stereocenters. The van der Waals surface area contributed by atoms with Crippen molar-refractivity contribution in [3.63, 3.8) is 0 Å². The summed E-state index contributed by atoms with van der Waals surface area (Å²) in [6, 6.07) is 2.33. The fourth-order valence-electron chi connectivity index (χ4n) is 4.19. The summed E-state index contributed by atoms with van der Waals surface area (Å²) in [6.45, 7) is 8.26. The van der Waals surface area contributed by atoms with Gasteiger partial charge in [0.25, 0.3) is 0 Å². The zero-order valence-electron chi connectivity index (χ0n) is 13.3. The van der Waals surface area contributed by atoms with E-state index in [4.69, 9.17) is 0 Å². The molecule has 0 spiro atoms. The van der Waals surface area contributed by atoms with E-state index < -0.39 is 0 Å². The quantitative estimate of drug-likeness (QED) is 0.899. The Morgan fingerprint density at radius 3 is 3.00 bits per heavy atom. The van der Waals surface area contributed by atoms with Gasteiger partial charge in [0, 0.05) is 16.3 Å². The topological polar surface area (TPSA) is 41.1 Å². The highest BCUT2D eigenvalue weighted by Crippen LogP contribution is 2.44. The van der Waals surface area contributed by atoms with Gasteiger partial charge in [0.1, 0.15) is 0 Å². The molecule has 1 saturated heterocycles. The van der Waals surface area contributed by atoms with Crippen molar-refractivity contribution in [1.29, 1.82) is 0 Å². The maximum Gasteiger partial charge on any atom is 0.228 e. The number of amides is 1. The van der Waals surface area contributed by atoms with Crippen molar-refractivity contribution in [2.75, 3.05) is 13.1 Å². The zero-order chi connectivity index (χ0) is 15.0. The maximum atomic E-state index is 13.0. The molecular weight excluding hydrogens is 280 g/mol. The van der Waals surface area contributed by atoms with Gasteiger partial charge in [-0.3, -0.25) is 4.79 Å². The van der Waals surface area contributed by atoms with Crippen molar-refractivity contribution in [2.45, 2.75) is 52.5 Å². The van der Waals surface area contributed by atoms with E-state index in [0.29, 0.717) is 5.92 Å². The number of carbonyl (C=O) groups is 1. The molecule has 0 radical (unpaired) electrons. The second-order valence-electron chi connectivity index (χ2n) is 6.79. The molecule has 1 aromatic heterocycles. The molecule has 4 heteroatoms. The fraction of sp³-hybridized carbons (Fsp3) is 0.706. The highest BCUT2D eigenvalue weighted by Gasteiger charge is 2.50. The van der Waals surface area contributed by atoms with Crippen molar-refractivity contribution in [3.8, 4) is 0 Å². The molecule has 2 N–H and O–H groups in total. The minimum absolute atomic E-state index is 0.111. The Morgan fingerprint density at radius 2 is 2.29 bits per heavy atom. The molecular formula is C17H26N2OS. The molecule has 0 bridgehead atoms. The molecule has 1 saturated carbocycles. The molecule has 1 unspecified atom stereocenters. The lowest BCUT2D eigenvalue weighted by molar-refractivity contribution is -0.134. The van der Waals surface area contributed by atoms with Crippen LogP contribution in [0.1, 0.15) is 54.0 Å². The first-order valence-corrected chi connectivity index (χ1v) is 8.93. The number of hydrogen-bond acceptors (Lipinski definition) is 3. The van der Waals surface area contributed by atoms with Gasteiger partial charge in [0.2, 0.25) is 5.91 Å². The van der Waals surface area contributed by atoms with E-state index in [2.05, 4.69) is 37.5 Å². The molecule has 3 rings (SSSR count). The zero-order valence-corrected chi connectivity index (χ0v) is 14.1. The number of carbonyl (C=O) groups excluding carboxylic acids is 1. The first-order chi connectivity index (χ1) is 10.0. The summed E-state index contributed by atoms with van der Waals surface area (Å²) >= 11 is 1.81. The first-order valence-electron chi connectivity index (χ1n) is 8.11. The predicted molar refractivity (Wildman–Crippen MR) is 87.6 cm³/mol. The normalized spacial score (nSPS) is 30.0. The average molecular weight is 306 g/mol. The minimum atomic E-state index is -0.147. The van der Waals surface area contributed by atoms with Crippen LogP contribution in [0, 0.1) is 25.2 Å². The van der Waals surface area contributed by atoms with Gasteiger partial charge in [-0.1, -0.05) is 12.8 Å². The maximum absolute atomic E-state index is 13.0. The monoisotopic (exact) mass is 306 g/mol. The van der Waals surface area contributed by atoms with Gasteiger partial charge < -0.3 is 10.6 Å². The summed E-state index contributed by atoms with van der Waals surface area (Å²) in [5, 5.41) is 6.77. The second kappa shape index (κ2) is 5.73. The minimum Gasteiger partial charge on any atom is -0.349 e. The van der Waals surface area contributed by atoms with Gasteiger partial charge in [-0.05, 0) is 57.7 Å². The van der Waals surface area contributed by atoms with Crippen LogP contribution in [0.15, 0.2) is 6.07 Å². The van der Waals surface area contributed by atoms with Gasteiger partial charge in [0.05, 0.1) is 11.5 Å². The largest absolute Gasteiger partial charge is 0.349 e. The summed E-state index contributed by atoms with van der Waals surface area (Å²) in [6.07, 6.45) is 4.71. The molecule has 2 aliphatic rings. The van der Waals surface area contributed by atoms with Crippen LogP contribution in [0.2, 0.25) is 0 Å².